The van der Waals surface area contributed by atoms with Gasteiger partial charge in [0.2, 0.25) is 6.41 Å². The maximum atomic E-state index is 13.4. The van der Waals surface area contributed by atoms with Crippen LogP contribution in [0.2, 0.25) is 0 Å². The van der Waals surface area contributed by atoms with E-state index in [1.165, 1.54) is 19.3 Å². The van der Waals surface area contributed by atoms with Gasteiger partial charge in [0.15, 0.2) is 0 Å². The van der Waals surface area contributed by atoms with E-state index in [1.54, 1.807) is 13.8 Å². The maximum absolute atomic E-state index is 13.4. The Labute approximate surface area is 217 Å². The molecule has 1 saturated carbocycles. The van der Waals surface area contributed by atoms with Crippen molar-refractivity contribution in [2.75, 3.05) is 18.0 Å². The van der Waals surface area contributed by atoms with Crippen LogP contribution in [0.1, 0.15) is 95.1 Å². The molecule has 0 aromatic heterocycles. The van der Waals surface area contributed by atoms with Crippen LogP contribution < -0.4 is 15.5 Å². The number of allylic oxidation sites excluding steroid dienone is 3. The average Bonchev–Trinajstić information content (AvgIpc) is 2.83. The Morgan fingerprint density at radius 2 is 1.86 bits per heavy atom. The van der Waals surface area contributed by atoms with Crippen molar-refractivity contribution in [1.82, 2.24) is 10.6 Å². The molecule has 0 spiro atoms. The van der Waals surface area contributed by atoms with Crippen LogP contribution in [0, 0.1) is 18.8 Å². The summed E-state index contributed by atoms with van der Waals surface area (Å²) >= 11 is 0. The number of hydrogen-bond acceptors (Lipinski definition) is 4. The Morgan fingerprint density at radius 3 is 2.44 bits per heavy atom. The van der Waals surface area contributed by atoms with Gasteiger partial charge in [-0.05, 0) is 90.7 Å². The molecule has 0 bridgehead atoms. The van der Waals surface area contributed by atoms with Gasteiger partial charge in [-0.25, -0.2) is 0 Å². The van der Waals surface area contributed by atoms with Gasteiger partial charge in [0.1, 0.15) is 5.60 Å². The summed E-state index contributed by atoms with van der Waals surface area (Å²) in [7, 11) is 0. The summed E-state index contributed by atoms with van der Waals surface area (Å²) < 4.78 is 0. The number of nitrogens with one attached hydrogen (secondary N) is 2. The molecule has 1 aliphatic rings. The van der Waals surface area contributed by atoms with Gasteiger partial charge >= 0.3 is 0 Å². The zero-order valence-electron chi connectivity index (χ0n) is 23.0. The van der Waals surface area contributed by atoms with E-state index in [1.807, 2.05) is 39.8 Å². The van der Waals surface area contributed by atoms with Crippen molar-refractivity contribution in [2.24, 2.45) is 0 Å². The summed E-state index contributed by atoms with van der Waals surface area (Å²) in [6.45, 7) is 14.5. The second-order valence-electron chi connectivity index (χ2n) is 10.3. The van der Waals surface area contributed by atoms with Crippen molar-refractivity contribution < 1.29 is 14.7 Å². The number of amides is 2. The second kappa shape index (κ2) is 13.3. The van der Waals surface area contributed by atoms with E-state index in [2.05, 4.69) is 40.4 Å². The van der Waals surface area contributed by atoms with Gasteiger partial charge in [-0.1, -0.05) is 36.7 Å². The molecule has 0 unspecified atom stereocenters. The number of anilines is 1. The van der Waals surface area contributed by atoms with Gasteiger partial charge < -0.3 is 20.6 Å². The highest BCUT2D eigenvalue weighted by atomic mass is 16.3. The lowest BCUT2D eigenvalue weighted by molar-refractivity contribution is -0.108. The predicted octanol–water partition coefficient (Wildman–Crippen LogP) is 4.99. The third-order valence-electron chi connectivity index (χ3n) is 6.71. The van der Waals surface area contributed by atoms with Crippen LogP contribution in [0.15, 0.2) is 35.1 Å². The maximum Gasteiger partial charge on any atom is 0.251 e. The number of carbonyl (C=O) groups is 2. The average molecular weight is 494 g/mol. The molecule has 1 aromatic rings. The molecule has 2 amide bonds. The topological polar surface area (TPSA) is 81.7 Å². The molecule has 36 heavy (non-hydrogen) atoms. The lowest BCUT2D eigenvalue weighted by Gasteiger charge is -2.37. The molecule has 1 fully saturated rings. The normalized spacial score (nSPS) is 15.4. The largest absolute Gasteiger partial charge is 0.378 e. The van der Waals surface area contributed by atoms with Crippen LogP contribution in [0.4, 0.5) is 5.69 Å². The zero-order valence-corrected chi connectivity index (χ0v) is 23.0. The first kappa shape index (κ1) is 29.2. The van der Waals surface area contributed by atoms with E-state index in [0.717, 1.165) is 53.0 Å². The highest BCUT2D eigenvalue weighted by molar-refractivity contribution is 5.97. The number of rotatable bonds is 9. The van der Waals surface area contributed by atoms with Crippen molar-refractivity contribution in [1.29, 1.82) is 0 Å². The fraction of sp³-hybridized carbons (Fsp3) is 0.533. The first-order valence-corrected chi connectivity index (χ1v) is 13.0. The molecule has 0 saturated heterocycles. The van der Waals surface area contributed by atoms with E-state index in [-0.39, 0.29) is 5.91 Å². The molecule has 0 atom stereocenters. The van der Waals surface area contributed by atoms with E-state index >= 15 is 0 Å². The summed E-state index contributed by atoms with van der Waals surface area (Å²) in [5, 5.41) is 15.8. The second-order valence-corrected chi connectivity index (χ2v) is 10.3. The number of carbonyl (C=O) groups excluding carboxylic acids is 2. The number of nitrogens with zero attached hydrogens (tertiary/aromatic N) is 1. The molecule has 1 aromatic carbocycles. The summed E-state index contributed by atoms with van der Waals surface area (Å²) in [4.78, 5) is 26.5. The highest BCUT2D eigenvalue weighted by Crippen LogP contribution is 2.32. The van der Waals surface area contributed by atoms with Crippen LogP contribution in [-0.4, -0.2) is 42.2 Å². The van der Waals surface area contributed by atoms with Gasteiger partial charge in [0.25, 0.3) is 5.91 Å². The van der Waals surface area contributed by atoms with Gasteiger partial charge in [-0.3, -0.25) is 9.59 Å². The van der Waals surface area contributed by atoms with Crippen LogP contribution in [0.5, 0.6) is 0 Å². The summed E-state index contributed by atoms with van der Waals surface area (Å²) in [5.74, 6) is 5.83. The lowest BCUT2D eigenvalue weighted by Crippen LogP contribution is -2.37. The first-order valence-electron chi connectivity index (χ1n) is 13.0. The third-order valence-corrected chi connectivity index (χ3v) is 6.71. The number of aliphatic hydroxyl groups is 1. The quantitative estimate of drug-likeness (QED) is 0.257. The molecule has 6 heteroatoms. The molecule has 196 valence electrons. The van der Waals surface area contributed by atoms with Gasteiger partial charge in [0, 0.05) is 41.6 Å². The SMILES string of the molecule is CCN(c1cc(C#CC(C)(C)O)cc(C(=O)NC/C(C)=C(C)/C=C(/C)NC=O)c1C)C1CCCCC1. The van der Waals surface area contributed by atoms with Gasteiger partial charge in [0.05, 0.1) is 0 Å². The minimum absolute atomic E-state index is 0.153. The van der Waals surface area contributed by atoms with E-state index in [0.29, 0.717) is 24.6 Å². The third kappa shape index (κ3) is 8.57. The molecule has 6 nitrogen and oxygen atoms in total. The summed E-state index contributed by atoms with van der Waals surface area (Å²) in [6, 6.07) is 4.34. The summed E-state index contributed by atoms with van der Waals surface area (Å²) in [5.41, 5.74) is 4.92. The minimum atomic E-state index is -1.12. The molecule has 1 aliphatic carbocycles. The lowest BCUT2D eigenvalue weighted by atomic mass is 9.92. The van der Waals surface area contributed by atoms with E-state index < -0.39 is 5.60 Å². The van der Waals surface area contributed by atoms with Crippen molar-refractivity contribution in [2.45, 2.75) is 92.2 Å². The Hall–Kier alpha value is -3.04. The Balaban J connectivity index is 2.42. The molecule has 0 heterocycles. The Morgan fingerprint density at radius 1 is 1.19 bits per heavy atom. The number of hydrogen-bond donors (Lipinski definition) is 3. The van der Waals surface area contributed by atoms with Crippen LogP contribution >= 0.6 is 0 Å². The van der Waals surface area contributed by atoms with Crippen molar-refractivity contribution >= 4 is 18.0 Å². The monoisotopic (exact) mass is 493 g/mol. The highest BCUT2D eigenvalue weighted by Gasteiger charge is 2.24. The predicted molar refractivity (Wildman–Crippen MR) is 148 cm³/mol. The fourth-order valence-corrected chi connectivity index (χ4v) is 4.58. The van der Waals surface area contributed by atoms with Crippen molar-refractivity contribution in [3.05, 3.63) is 51.7 Å². The summed E-state index contributed by atoms with van der Waals surface area (Å²) in [6.07, 6.45) is 8.59. The van der Waals surface area contributed by atoms with Crippen molar-refractivity contribution in [3.8, 4) is 11.8 Å². The zero-order chi connectivity index (χ0) is 26.9. The standard InChI is InChI=1S/C30H43N3O3/c1-8-33(26-12-10-9-11-13-26)28-18-25(14-15-30(6,7)36)17-27(24(28)5)29(35)31-19-22(3)21(2)16-23(4)32-20-34/h16-18,20,26,36H,8-13,19H2,1-7H3,(H,31,35)(H,32,34)/b22-21+,23-16-. The van der Waals surface area contributed by atoms with Gasteiger partial charge in [-0.2, -0.15) is 0 Å². The molecular weight excluding hydrogens is 450 g/mol. The number of benzene rings is 1. The molecule has 3 N–H and O–H groups in total. The molecular formula is C30H43N3O3. The van der Waals surface area contributed by atoms with E-state index in [9.17, 15) is 14.7 Å². The molecule has 0 radical (unpaired) electrons. The smallest absolute Gasteiger partial charge is 0.251 e. The van der Waals surface area contributed by atoms with Gasteiger partial charge in [-0.15, -0.1) is 0 Å². The fourth-order valence-electron chi connectivity index (χ4n) is 4.58. The molecule has 2 rings (SSSR count). The van der Waals surface area contributed by atoms with Crippen LogP contribution in [-0.2, 0) is 4.79 Å². The minimum Gasteiger partial charge on any atom is -0.378 e. The van der Waals surface area contributed by atoms with Crippen molar-refractivity contribution in [3.63, 3.8) is 0 Å². The van der Waals surface area contributed by atoms with E-state index in [4.69, 9.17) is 0 Å². The first-order chi connectivity index (χ1) is 17.0. The van der Waals surface area contributed by atoms with Crippen LogP contribution in [0.25, 0.3) is 0 Å². The molecule has 0 aliphatic heterocycles. The Kier molecular flexibility index (Phi) is 10.8. The van der Waals surface area contributed by atoms with Crippen LogP contribution in [0.3, 0.4) is 0 Å². The Bertz CT molecular complexity index is 1060.